The molecule has 43 valence electrons. The van der Waals surface area contributed by atoms with Crippen LogP contribution in [0.2, 0.25) is 0 Å². The molecule has 0 amide bonds. The minimum atomic E-state index is 0.798. The molecule has 0 aliphatic rings. The van der Waals surface area contributed by atoms with Crippen LogP contribution >= 0.6 is 12.6 Å². The predicted octanol–water partition coefficient (Wildman–Crippen LogP) is 2.17. The first-order chi connectivity index (χ1) is 3.27. The summed E-state index contributed by atoms with van der Waals surface area (Å²) >= 11 is 4.04. The van der Waals surface area contributed by atoms with Crippen molar-refractivity contribution in [1.29, 1.82) is 0 Å². The first-order valence-electron chi connectivity index (χ1n) is 2.70. The lowest BCUT2D eigenvalue weighted by Crippen LogP contribution is -1.87. The maximum Gasteiger partial charge on any atom is -0.00665 e. The first kappa shape index (κ1) is 7.35. The third-order valence-electron chi connectivity index (χ3n) is 0.767. The molecule has 0 aromatic heterocycles. The Bertz CT molecular complexity index is 33.2. The molecule has 0 spiro atoms. The van der Waals surface area contributed by atoms with Gasteiger partial charge in [-0.2, -0.15) is 12.6 Å². The van der Waals surface area contributed by atoms with Crippen molar-refractivity contribution in [3.63, 3.8) is 0 Å². The molecule has 0 N–H and O–H groups in total. The summed E-state index contributed by atoms with van der Waals surface area (Å²) in [5.41, 5.74) is 0. The minimum absolute atomic E-state index is 0.798. The lowest BCUT2D eigenvalue weighted by atomic mass is 10.1. The molecule has 0 heterocycles. The van der Waals surface area contributed by atoms with Crippen molar-refractivity contribution in [3.8, 4) is 0 Å². The van der Waals surface area contributed by atoms with Crippen LogP contribution in [0.3, 0.4) is 0 Å². The van der Waals surface area contributed by atoms with Crippen molar-refractivity contribution < 1.29 is 0 Å². The Labute approximate surface area is 51.7 Å². The van der Waals surface area contributed by atoms with Gasteiger partial charge < -0.3 is 0 Å². The third kappa shape index (κ3) is 6.35. The molecule has 1 radical (unpaired) electrons. The zero-order valence-electron chi connectivity index (χ0n) is 5.02. The van der Waals surface area contributed by atoms with E-state index in [0.717, 1.165) is 11.7 Å². The Kier molecular flexibility index (Phi) is 4.73. The van der Waals surface area contributed by atoms with E-state index in [4.69, 9.17) is 0 Å². The average molecular weight is 117 g/mol. The summed E-state index contributed by atoms with van der Waals surface area (Å²) in [5, 5.41) is 0. The second-order valence-corrected chi connectivity index (χ2v) is 2.47. The Morgan fingerprint density at radius 1 is 1.57 bits per heavy atom. The van der Waals surface area contributed by atoms with Crippen LogP contribution in [0.1, 0.15) is 20.3 Å². The van der Waals surface area contributed by atoms with Crippen molar-refractivity contribution in [2.24, 2.45) is 5.92 Å². The summed E-state index contributed by atoms with van der Waals surface area (Å²) < 4.78 is 0. The fourth-order valence-electron chi connectivity index (χ4n) is 0.408. The Morgan fingerprint density at radius 3 is 2.29 bits per heavy atom. The lowest BCUT2D eigenvalue weighted by molar-refractivity contribution is 0.640. The van der Waals surface area contributed by atoms with Crippen LogP contribution in [0.15, 0.2) is 0 Å². The highest BCUT2D eigenvalue weighted by Gasteiger charge is 1.89. The second kappa shape index (κ2) is 4.51. The van der Waals surface area contributed by atoms with Crippen molar-refractivity contribution in [1.82, 2.24) is 0 Å². The molecule has 0 aromatic rings. The van der Waals surface area contributed by atoms with E-state index in [-0.39, 0.29) is 0 Å². The van der Waals surface area contributed by atoms with Crippen molar-refractivity contribution in [2.45, 2.75) is 20.3 Å². The number of rotatable bonds is 3. The SMILES string of the molecule is CC(C)C[CH]CS. The van der Waals surface area contributed by atoms with Crippen molar-refractivity contribution >= 4 is 12.6 Å². The maximum absolute atomic E-state index is 4.04. The van der Waals surface area contributed by atoms with Gasteiger partial charge >= 0.3 is 0 Å². The van der Waals surface area contributed by atoms with Crippen LogP contribution in [0, 0.1) is 12.3 Å². The Balaban J connectivity index is 2.68. The monoisotopic (exact) mass is 117 g/mol. The summed E-state index contributed by atoms with van der Waals surface area (Å²) in [7, 11) is 0. The molecule has 0 atom stereocenters. The van der Waals surface area contributed by atoms with Crippen molar-refractivity contribution in [3.05, 3.63) is 6.42 Å². The summed E-state index contributed by atoms with van der Waals surface area (Å²) in [6.45, 7) is 4.42. The smallest absolute Gasteiger partial charge is 0.00665 e. The summed E-state index contributed by atoms with van der Waals surface area (Å²) in [6, 6.07) is 0. The summed E-state index contributed by atoms with van der Waals surface area (Å²) in [4.78, 5) is 0. The fraction of sp³-hybridized carbons (Fsp3) is 0.833. The Morgan fingerprint density at radius 2 is 2.14 bits per heavy atom. The van der Waals surface area contributed by atoms with E-state index in [2.05, 4.69) is 32.9 Å². The molecule has 0 bridgehead atoms. The predicted molar refractivity (Wildman–Crippen MR) is 37.6 cm³/mol. The highest BCUT2D eigenvalue weighted by molar-refractivity contribution is 7.80. The van der Waals surface area contributed by atoms with Gasteiger partial charge in [-0.3, -0.25) is 0 Å². The molecule has 1 heteroatoms. The van der Waals surface area contributed by atoms with Crippen LogP contribution in [-0.2, 0) is 0 Å². The fourth-order valence-corrected chi connectivity index (χ4v) is 0.557. The molecule has 0 saturated heterocycles. The van der Waals surface area contributed by atoms with Gasteiger partial charge in [0, 0.05) is 0 Å². The first-order valence-corrected chi connectivity index (χ1v) is 3.33. The van der Waals surface area contributed by atoms with Gasteiger partial charge in [0.2, 0.25) is 0 Å². The van der Waals surface area contributed by atoms with Gasteiger partial charge in [-0.15, -0.1) is 0 Å². The van der Waals surface area contributed by atoms with Crippen LogP contribution in [-0.4, -0.2) is 5.75 Å². The topological polar surface area (TPSA) is 0 Å². The van der Waals surface area contributed by atoms with E-state index in [0.29, 0.717) is 0 Å². The molecule has 0 aliphatic carbocycles. The Hall–Kier alpha value is 0.350. The van der Waals surface area contributed by atoms with Crippen LogP contribution in [0.5, 0.6) is 0 Å². The summed E-state index contributed by atoms with van der Waals surface area (Å²) in [6.07, 6.45) is 3.39. The zero-order valence-corrected chi connectivity index (χ0v) is 5.91. The molecular formula is C6H13S. The summed E-state index contributed by atoms with van der Waals surface area (Å²) in [5.74, 6) is 1.71. The van der Waals surface area contributed by atoms with Gasteiger partial charge in [-0.05, 0) is 24.5 Å². The molecule has 0 unspecified atom stereocenters. The second-order valence-electron chi connectivity index (χ2n) is 2.10. The largest absolute Gasteiger partial charge is 0.179 e. The third-order valence-corrected chi connectivity index (χ3v) is 1.03. The van der Waals surface area contributed by atoms with Gasteiger partial charge in [0.15, 0.2) is 0 Å². The van der Waals surface area contributed by atoms with Gasteiger partial charge in [0.05, 0.1) is 0 Å². The van der Waals surface area contributed by atoms with E-state index in [1.54, 1.807) is 0 Å². The van der Waals surface area contributed by atoms with E-state index in [1.807, 2.05) is 0 Å². The number of hydrogen-bond donors (Lipinski definition) is 1. The van der Waals surface area contributed by atoms with Gasteiger partial charge in [-0.1, -0.05) is 13.8 Å². The molecular weight excluding hydrogens is 104 g/mol. The van der Waals surface area contributed by atoms with Crippen molar-refractivity contribution in [2.75, 3.05) is 5.75 Å². The molecule has 0 nitrogen and oxygen atoms in total. The van der Waals surface area contributed by atoms with Crippen LogP contribution in [0.4, 0.5) is 0 Å². The molecule has 0 aliphatic heterocycles. The van der Waals surface area contributed by atoms with Gasteiger partial charge in [0.25, 0.3) is 0 Å². The van der Waals surface area contributed by atoms with E-state index >= 15 is 0 Å². The molecule has 0 fully saturated rings. The van der Waals surface area contributed by atoms with E-state index in [1.165, 1.54) is 6.42 Å². The standard InChI is InChI=1S/C6H13S/c1-6(2)4-3-5-7/h3,6-7H,4-5H2,1-2H3. The maximum atomic E-state index is 4.04. The zero-order chi connectivity index (χ0) is 5.70. The molecule has 7 heavy (non-hydrogen) atoms. The van der Waals surface area contributed by atoms with E-state index in [9.17, 15) is 0 Å². The average Bonchev–Trinajstić information content (AvgIpc) is 1.61. The molecule has 0 saturated carbocycles. The lowest BCUT2D eigenvalue weighted by Gasteiger charge is -1.98. The number of thiol groups is 1. The number of hydrogen-bond acceptors (Lipinski definition) is 1. The van der Waals surface area contributed by atoms with Gasteiger partial charge in [-0.25, -0.2) is 0 Å². The normalized spacial score (nSPS) is 10.3. The van der Waals surface area contributed by atoms with Crippen LogP contribution in [0.25, 0.3) is 0 Å². The molecule has 0 aromatic carbocycles. The van der Waals surface area contributed by atoms with Gasteiger partial charge in [0.1, 0.15) is 0 Å². The van der Waals surface area contributed by atoms with E-state index < -0.39 is 0 Å². The molecule has 0 rings (SSSR count). The quantitative estimate of drug-likeness (QED) is 0.538. The highest BCUT2D eigenvalue weighted by atomic mass is 32.1. The highest BCUT2D eigenvalue weighted by Crippen LogP contribution is 2.01. The van der Waals surface area contributed by atoms with Crippen LogP contribution < -0.4 is 0 Å². The minimum Gasteiger partial charge on any atom is -0.179 e.